The van der Waals surface area contributed by atoms with Gasteiger partial charge in [-0.15, -0.1) is 11.3 Å². The summed E-state index contributed by atoms with van der Waals surface area (Å²) in [6.07, 6.45) is 3.72. The Morgan fingerprint density at radius 1 is 0.941 bits per heavy atom. The molecule has 0 N–H and O–H groups in total. The number of nitrogens with zero attached hydrogens (tertiary/aromatic N) is 5. The number of piperazine rings is 1. The monoisotopic (exact) mass is 499 g/mol. The van der Waals surface area contributed by atoms with E-state index in [1.54, 1.807) is 23.5 Å². The number of amides is 2. The lowest BCUT2D eigenvalue weighted by Crippen LogP contribution is -2.51. The number of aromatic nitrogens is 2. The van der Waals surface area contributed by atoms with Crippen LogP contribution in [0.4, 0.5) is 4.39 Å². The van der Waals surface area contributed by atoms with Crippen LogP contribution in [0.3, 0.4) is 0 Å². The van der Waals surface area contributed by atoms with Crippen LogP contribution in [0, 0.1) is 5.82 Å². The molecule has 3 aromatic rings. The summed E-state index contributed by atoms with van der Waals surface area (Å²) in [5.74, 6) is 0.329. The third-order valence-corrected chi connectivity index (χ3v) is 8.57. The van der Waals surface area contributed by atoms with Gasteiger partial charge in [0.05, 0.1) is 22.5 Å². The molecule has 0 unspecified atom stereocenters. The van der Waals surface area contributed by atoms with Crippen molar-refractivity contribution in [1.29, 1.82) is 0 Å². The van der Waals surface area contributed by atoms with Gasteiger partial charge in [-0.05, 0) is 36.6 Å². The smallest absolute Gasteiger partial charge is 0.236 e. The molecule has 2 aliphatic heterocycles. The van der Waals surface area contributed by atoms with E-state index in [0.29, 0.717) is 25.4 Å². The van der Waals surface area contributed by atoms with E-state index in [4.69, 9.17) is 0 Å². The van der Waals surface area contributed by atoms with E-state index in [1.165, 1.54) is 30.2 Å². The summed E-state index contributed by atoms with van der Waals surface area (Å²) >= 11 is 2.98. The molecule has 2 aromatic heterocycles. The van der Waals surface area contributed by atoms with Crippen LogP contribution < -0.4 is 0 Å². The van der Waals surface area contributed by atoms with Gasteiger partial charge in [0.15, 0.2) is 0 Å². The number of carbonyl (C=O) groups is 2. The van der Waals surface area contributed by atoms with Crippen LogP contribution >= 0.6 is 23.1 Å². The van der Waals surface area contributed by atoms with Crippen molar-refractivity contribution in [1.82, 2.24) is 24.7 Å². The van der Waals surface area contributed by atoms with E-state index in [0.717, 1.165) is 64.7 Å². The molecule has 0 atom stereocenters. The van der Waals surface area contributed by atoms with Crippen molar-refractivity contribution in [2.75, 3.05) is 51.6 Å². The maximum Gasteiger partial charge on any atom is 0.236 e. The van der Waals surface area contributed by atoms with Crippen LogP contribution in [0.2, 0.25) is 0 Å². The van der Waals surface area contributed by atoms with Gasteiger partial charge in [0.2, 0.25) is 11.8 Å². The lowest BCUT2D eigenvalue weighted by atomic mass is 10.2. The van der Waals surface area contributed by atoms with Gasteiger partial charge in [-0.25, -0.2) is 14.4 Å². The Hall–Kier alpha value is -2.56. The highest BCUT2D eigenvalue weighted by Crippen LogP contribution is 2.37. The lowest BCUT2D eigenvalue weighted by molar-refractivity contribution is -0.133. The van der Waals surface area contributed by atoms with Gasteiger partial charge in [0, 0.05) is 44.1 Å². The molecule has 2 amide bonds. The first kappa shape index (κ1) is 23.2. The predicted octanol–water partition coefficient (Wildman–Crippen LogP) is 3.36. The molecule has 2 aliphatic rings. The maximum absolute atomic E-state index is 13.3. The standard InChI is InChI=1S/C24H26FN5O2S2/c25-18-5-3-17(4-6-18)20-13-19-23(34-20)24(27-16-26-19)33-15-22(32)30-11-9-28(10-12-30)14-21(31)29-7-1-2-8-29/h3-6,13,16H,1-2,7-12,14-15H2. The summed E-state index contributed by atoms with van der Waals surface area (Å²) in [6, 6.07) is 8.37. The molecule has 0 radical (unpaired) electrons. The fourth-order valence-electron chi connectivity index (χ4n) is 4.33. The van der Waals surface area contributed by atoms with Crippen molar-refractivity contribution in [3.05, 3.63) is 42.5 Å². The number of thiophene rings is 1. The lowest BCUT2D eigenvalue weighted by Gasteiger charge is -2.35. The molecule has 2 saturated heterocycles. The minimum Gasteiger partial charge on any atom is -0.342 e. The first-order chi connectivity index (χ1) is 16.6. The molecule has 2 fully saturated rings. The van der Waals surface area contributed by atoms with Crippen LogP contribution in [0.1, 0.15) is 12.8 Å². The quantitative estimate of drug-likeness (QED) is 0.383. The van der Waals surface area contributed by atoms with Crippen molar-refractivity contribution in [2.45, 2.75) is 17.9 Å². The molecule has 5 rings (SSSR count). The number of halogens is 1. The number of hydrogen-bond donors (Lipinski definition) is 0. The Morgan fingerprint density at radius 3 is 2.38 bits per heavy atom. The average Bonchev–Trinajstić information content (AvgIpc) is 3.54. The Balaban J connectivity index is 1.16. The van der Waals surface area contributed by atoms with Crippen molar-refractivity contribution >= 4 is 45.1 Å². The van der Waals surface area contributed by atoms with Crippen LogP contribution in [-0.2, 0) is 9.59 Å². The van der Waals surface area contributed by atoms with Crippen molar-refractivity contribution in [2.24, 2.45) is 0 Å². The molecule has 1 aromatic carbocycles. The van der Waals surface area contributed by atoms with Gasteiger partial charge in [-0.3, -0.25) is 14.5 Å². The molecule has 34 heavy (non-hydrogen) atoms. The predicted molar refractivity (Wildman–Crippen MR) is 132 cm³/mol. The molecule has 7 nitrogen and oxygen atoms in total. The van der Waals surface area contributed by atoms with Crippen molar-refractivity contribution < 1.29 is 14.0 Å². The van der Waals surface area contributed by atoms with Gasteiger partial charge in [0.1, 0.15) is 17.2 Å². The average molecular weight is 500 g/mol. The van der Waals surface area contributed by atoms with Gasteiger partial charge in [0.25, 0.3) is 0 Å². The number of hydrogen-bond acceptors (Lipinski definition) is 7. The number of carbonyl (C=O) groups excluding carboxylic acids is 2. The topological polar surface area (TPSA) is 69.6 Å². The van der Waals surface area contributed by atoms with E-state index in [-0.39, 0.29) is 17.6 Å². The number of fused-ring (bicyclic) bond motifs is 1. The summed E-state index contributed by atoms with van der Waals surface area (Å²) in [4.78, 5) is 40.9. The number of thioether (sulfide) groups is 1. The molecule has 0 aliphatic carbocycles. The van der Waals surface area contributed by atoms with Crippen LogP contribution in [0.25, 0.3) is 20.7 Å². The molecule has 0 saturated carbocycles. The normalized spacial score (nSPS) is 17.0. The minimum atomic E-state index is -0.265. The molecule has 178 valence electrons. The number of benzene rings is 1. The van der Waals surface area contributed by atoms with Crippen LogP contribution in [0.15, 0.2) is 41.7 Å². The van der Waals surface area contributed by atoms with Crippen molar-refractivity contribution in [3.8, 4) is 10.4 Å². The molecular formula is C24H26FN5O2S2. The zero-order chi connectivity index (χ0) is 23.5. The second-order valence-electron chi connectivity index (χ2n) is 8.54. The van der Waals surface area contributed by atoms with Crippen LogP contribution in [0.5, 0.6) is 0 Å². The second-order valence-corrected chi connectivity index (χ2v) is 10.6. The first-order valence-corrected chi connectivity index (χ1v) is 13.3. The second kappa shape index (κ2) is 10.4. The third-order valence-electron chi connectivity index (χ3n) is 6.28. The van der Waals surface area contributed by atoms with Gasteiger partial charge < -0.3 is 9.80 Å². The van der Waals surface area contributed by atoms with Gasteiger partial charge in [-0.2, -0.15) is 0 Å². The third kappa shape index (κ3) is 5.24. The van der Waals surface area contributed by atoms with E-state index < -0.39 is 0 Å². The summed E-state index contributed by atoms with van der Waals surface area (Å²) in [6.45, 7) is 4.92. The van der Waals surface area contributed by atoms with Gasteiger partial charge in [-0.1, -0.05) is 23.9 Å². The highest BCUT2D eigenvalue weighted by molar-refractivity contribution is 8.00. The summed E-state index contributed by atoms with van der Waals surface area (Å²) in [5.41, 5.74) is 1.75. The Bertz CT molecular complexity index is 1170. The Morgan fingerprint density at radius 2 is 1.65 bits per heavy atom. The first-order valence-electron chi connectivity index (χ1n) is 11.5. The van der Waals surface area contributed by atoms with E-state index in [2.05, 4.69) is 14.9 Å². The molecule has 0 spiro atoms. The van der Waals surface area contributed by atoms with E-state index in [9.17, 15) is 14.0 Å². The summed E-state index contributed by atoms with van der Waals surface area (Å²) in [5, 5.41) is 0.784. The van der Waals surface area contributed by atoms with E-state index in [1.807, 2.05) is 15.9 Å². The fraction of sp³-hybridized carbons (Fsp3) is 0.417. The molecule has 10 heteroatoms. The van der Waals surface area contributed by atoms with Gasteiger partial charge >= 0.3 is 0 Å². The summed E-state index contributed by atoms with van der Waals surface area (Å²) in [7, 11) is 0. The Labute approximate surface area is 206 Å². The zero-order valence-electron chi connectivity index (χ0n) is 18.8. The van der Waals surface area contributed by atoms with E-state index >= 15 is 0 Å². The summed E-state index contributed by atoms with van der Waals surface area (Å²) < 4.78 is 14.2. The highest BCUT2D eigenvalue weighted by Gasteiger charge is 2.25. The largest absolute Gasteiger partial charge is 0.342 e. The fourth-order valence-corrected chi connectivity index (χ4v) is 6.43. The molecule has 4 heterocycles. The molecular weight excluding hydrogens is 473 g/mol. The zero-order valence-corrected chi connectivity index (χ0v) is 20.4. The SMILES string of the molecule is O=C(CSc1ncnc2cc(-c3ccc(F)cc3)sc12)N1CCN(CC(=O)N2CCCC2)CC1. The van der Waals surface area contributed by atoms with Crippen molar-refractivity contribution in [3.63, 3.8) is 0 Å². The maximum atomic E-state index is 13.3. The molecule has 0 bridgehead atoms. The highest BCUT2D eigenvalue weighted by atomic mass is 32.2. The number of likely N-dealkylation sites (tertiary alicyclic amines) is 1. The number of rotatable bonds is 6. The minimum absolute atomic E-state index is 0.0811. The Kier molecular flexibility index (Phi) is 7.07. The van der Waals surface area contributed by atoms with Crippen LogP contribution in [-0.4, -0.2) is 88.0 Å².